The number of amides is 1. The van der Waals surface area contributed by atoms with E-state index >= 15 is 0 Å². The Bertz CT molecular complexity index is 643. The summed E-state index contributed by atoms with van der Waals surface area (Å²) in [5.74, 6) is -0.227. The fourth-order valence-corrected chi connectivity index (χ4v) is 2.12. The number of benzene rings is 2. The molecule has 0 aliphatic heterocycles. The summed E-state index contributed by atoms with van der Waals surface area (Å²) >= 11 is 9.28. The Labute approximate surface area is 124 Å². The van der Waals surface area contributed by atoms with Crippen LogP contribution in [0.1, 0.15) is 15.9 Å². The molecule has 2 rings (SSSR count). The molecule has 0 unspecified atom stereocenters. The first kappa shape index (κ1) is 13.9. The Morgan fingerprint density at radius 2 is 2.00 bits per heavy atom. The zero-order valence-corrected chi connectivity index (χ0v) is 12.5. The lowest BCUT2D eigenvalue weighted by Gasteiger charge is -2.09. The quantitative estimate of drug-likeness (QED) is 0.804. The van der Waals surface area contributed by atoms with Crippen molar-refractivity contribution in [1.29, 1.82) is 0 Å². The Morgan fingerprint density at radius 3 is 2.68 bits per heavy atom. The number of nitrogen functional groups attached to an aromatic ring is 1. The second-order valence-electron chi connectivity index (χ2n) is 4.15. The van der Waals surface area contributed by atoms with Gasteiger partial charge in [-0.05, 0) is 42.8 Å². The van der Waals surface area contributed by atoms with Crippen molar-refractivity contribution in [3.63, 3.8) is 0 Å². The number of carbonyl (C=O) groups excluding carboxylic acids is 1. The summed E-state index contributed by atoms with van der Waals surface area (Å²) in [7, 11) is 0. The minimum absolute atomic E-state index is 0.227. The first-order valence-electron chi connectivity index (χ1n) is 5.60. The van der Waals surface area contributed by atoms with E-state index in [1.54, 1.807) is 30.3 Å². The molecule has 0 heterocycles. The van der Waals surface area contributed by atoms with Crippen LogP contribution in [-0.2, 0) is 0 Å². The Balaban J connectivity index is 2.25. The minimum atomic E-state index is -0.227. The molecule has 0 bridgehead atoms. The summed E-state index contributed by atoms with van der Waals surface area (Å²) in [5.41, 5.74) is 8.39. The molecule has 0 spiro atoms. The van der Waals surface area contributed by atoms with Gasteiger partial charge < -0.3 is 11.1 Å². The SMILES string of the molecule is Cc1ccc(C(=O)Nc2cc(Cl)ccc2N)cc1Br. The van der Waals surface area contributed by atoms with Crippen molar-refractivity contribution in [1.82, 2.24) is 0 Å². The van der Waals surface area contributed by atoms with Gasteiger partial charge in [0.25, 0.3) is 5.91 Å². The lowest BCUT2D eigenvalue weighted by molar-refractivity contribution is 0.102. The third-order valence-electron chi connectivity index (χ3n) is 2.70. The zero-order valence-electron chi connectivity index (χ0n) is 10.2. The van der Waals surface area contributed by atoms with Gasteiger partial charge in [0, 0.05) is 15.1 Å². The van der Waals surface area contributed by atoms with Crippen molar-refractivity contribution < 1.29 is 4.79 Å². The molecule has 0 saturated carbocycles. The molecule has 0 radical (unpaired) electrons. The molecule has 98 valence electrons. The van der Waals surface area contributed by atoms with E-state index < -0.39 is 0 Å². The number of hydrogen-bond donors (Lipinski definition) is 2. The topological polar surface area (TPSA) is 55.1 Å². The second kappa shape index (κ2) is 5.63. The third-order valence-corrected chi connectivity index (χ3v) is 3.79. The van der Waals surface area contributed by atoms with Crippen LogP contribution in [0.15, 0.2) is 40.9 Å². The van der Waals surface area contributed by atoms with Crippen LogP contribution in [0, 0.1) is 6.92 Å². The van der Waals surface area contributed by atoms with E-state index in [4.69, 9.17) is 17.3 Å². The molecule has 2 aromatic rings. The van der Waals surface area contributed by atoms with Crippen LogP contribution in [0.5, 0.6) is 0 Å². The number of carbonyl (C=O) groups is 1. The zero-order chi connectivity index (χ0) is 14.0. The van der Waals surface area contributed by atoms with E-state index in [2.05, 4.69) is 21.2 Å². The molecule has 1 amide bonds. The number of aryl methyl sites for hydroxylation is 1. The van der Waals surface area contributed by atoms with Gasteiger partial charge in [-0.1, -0.05) is 33.6 Å². The van der Waals surface area contributed by atoms with Gasteiger partial charge in [0.15, 0.2) is 0 Å². The van der Waals surface area contributed by atoms with Crippen LogP contribution in [-0.4, -0.2) is 5.91 Å². The van der Waals surface area contributed by atoms with Gasteiger partial charge in [0.2, 0.25) is 0 Å². The van der Waals surface area contributed by atoms with E-state index in [0.717, 1.165) is 10.0 Å². The molecule has 3 nitrogen and oxygen atoms in total. The Morgan fingerprint density at radius 1 is 1.26 bits per heavy atom. The van der Waals surface area contributed by atoms with Gasteiger partial charge in [-0.3, -0.25) is 4.79 Å². The van der Waals surface area contributed by atoms with Gasteiger partial charge in [-0.15, -0.1) is 0 Å². The van der Waals surface area contributed by atoms with Crippen molar-refractivity contribution in [3.8, 4) is 0 Å². The molecule has 2 aromatic carbocycles. The van der Waals surface area contributed by atoms with Crippen molar-refractivity contribution in [2.75, 3.05) is 11.1 Å². The molecule has 0 aliphatic carbocycles. The van der Waals surface area contributed by atoms with Crippen LogP contribution >= 0.6 is 27.5 Å². The summed E-state index contributed by atoms with van der Waals surface area (Å²) in [5, 5.41) is 3.27. The maximum Gasteiger partial charge on any atom is 0.255 e. The van der Waals surface area contributed by atoms with Crippen LogP contribution in [0.4, 0.5) is 11.4 Å². The molecule has 5 heteroatoms. The first-order chi connectivity index (χ1) is 8.97. The van der Waals surface area contributed by atoms with Crippen LogP contribution < -0.4 is 11.1 Å². The highest BCUT2D eigenvalue weighted by atomic mass is 79.9. The van der Waals surface area contributed by atoms with Crippen LogP contribution in [0.25, 0.3) is 0 Å². The summed E-state index contributed by atoms with van der Waals surface area (Å²) in [4.78, 5) is 12.1. The van der Waals surface area contributed by atoms with Gasteiger partial charge in [-0.2, -0.15) is 0 Å². The fraction of sp³-hybridized carbons (Fsp3) is 0.0714. The average molecular weight is 340 g/mol. The molecular formula is C14H12BrClN2O. The highest BCUT2D eigenvalue weighted by Crippen LogP contribution is 2.24. The Kier molecular flexibility index (Phi) is 4.12. The summed E-state index contributed by atoms with van der Waals surface area (Å²) < 4.78 is 0.888. The molecule has 0 saturated heterocycles. The standard InChI is InChI=1S/C14H12BrClN2O/c1-8-2-3-9(6-11(8)15)14(19)18-13-7-10(16)4-5-12(13)17/h2-7H,17H2,1H3,(H,18,19). The monoisotopic (exact) mass is 338 g/mol. The molecule has 19 heavy (non-hydrogen) atoms. The number of nitrogens with one attached hydrogen (secondary N) is 1. The van der Waals surface area contributed by atoms with E-state index in [0.29, 0.717) is 22.0 Å². The number of anilines is 2. The number of rotatable bonds is 2. The largest absolute Gasteiger partial charge is 0.397 e. The fourth-order valence-electron chi connectivity index (χ4n) is 1.57. The van der Waals surface area contributed by atoms with Crippen molar-refractivity contribution in [2.24, 2.45) is 0 Å². The average Bonchev–Trinajstić information content (AvgIpc) is 2.37. The van der Waals surface area contributed by atoms with Crippen LogP contribution in [0.3, 0.4) is 0 Å². The molecule has 0 aromatic heterocycles. The van der Waals surface area contributed by atoms with Crippen molar-refractivity contribution in [3.05, 3.63) is 57.0 Å². The molecule has 3 N–H and O–H groups in total. The number of halogens is 2. The minimum Gasteiger partial charge on any atom is -0.397 e. The lowest BCUT2D eigenvalue weighted by atomic mass is 10.1. The second-order valence-corrected chi connectivity index (χ2v) is 5.44. The van der Waals surface area contributed by atoms with Gasteiger partial charge in [0.1, 0.15) is 0 Å². The first-order valence-corrected chi connectivity index (χ1v) is 6.77. The molecular weight excluding hydrogens is 328 g/mol. The summed E-state index contributed by atoms with van der Waals surface area (Å²) in [6.45, 7) is 1.96. The molecule has 0 fully saturated rings. The highest BCUT2D eigenvalue weighted by molar-refractivity contribution is 9.10. The smallest absolute Gasteiger partial charge is 0.255 e. The maximum atomic E-state index is 12.1. The third kappa shape index (κ3) is 3.28. The molecule has 0 atom stereocenters. The predicted molar refractivity (Wildman–Crippen MR) is 82.7 cm³/mol. The van der Waals surface area contributed by atoms with E-state index in [1.165, 1.54) is 0 Å². The lowest BCUT2D eigenvalue weighted by Crippen LogP contribution is -2.13. The van der Waals surface area contributed by atoms with Gasteiger partial charge in [-0.25, -0.2) is 0 Å². The normalized spacial score (nSPS) is 10.3. The predicted octanol–water partition coefficient (Wildman–Crippen LogP) is 4.25. The highest BCUT2D eigenvalue weighted by Gasteiger charge is 2.09. The summed E-state index contributed by atoms with van der Waals surface area (Å²) in [6, 6.07) is 10.4. The van der Waals surface area contributed by atoms with E-state index in [-0.39, 0.29) is 5.91 Å². The summed E-state index contributed by atoms with van der Waals surface area (Å²) in [6.07, 6.45) is 0. The van der Waals surface area contributed by atoms with E-state index in [1.807, 2.05) is 13.0 Å². The van der Waals surface area contributed by atoms with E-state index in [9.17, 15) is 4.79 Å². The molecule has 0 aliphatic rings. The number of hydrogen-bond acceptors (Lipinski definition) is 2. The van der Waals surface area contributed by atoms with Gasteiger partial charge >= 0.3 is 0 Å². The maximum absolute atomic E-state index is 12.1. The van der Waals surface area contributed by atoms with Crippen LogP contribution in [0.2, 0.25) is 5.02 Å². The Hall–Kier alpha value is -1.52. The van der Waals surface area contributed by atoms with Gasteiger partial charge in [0.05, 0.1) is 11.4 Å². The van der Waals surface area contributed by atoms with Crippen molar-refractivity contribution >= 4 is 44.8 Å². The van der Waals surface area contributed by atoms with Crippen molar-refractivity contribution in [2.45, 2.75) is 6.92 Å². The number of nitrogens with two attached hydrogens (primary N) is 1.